The Hall–Kier alpha value is -3.52. The van der Waals surface area contributed by atoms with E-state index in [1.807, 2.05) is 45.0 Å². The zero-order valence-corrected chi connectivity index (χ0v) is 24.1. The molecule has 1 amide bonds. The van der Waals surface area contributed by atoms with Crippen LogP contribution in [0.2, 0.25) is 0 Å². The largest absolute Gasteiger partial charge is 0.493 e. The van der Waals surface area contributed by atoms with Gasteiger partial charge >= 0.3 is 0 Å². The molecule has 1 N–H and O–H groups in total. The molecule has 1 unspecified atom stereocenters. The van der Waals surface area contributed by atoms with Gasteiger partial charge in [0, 0.05) is 12.1 Å². The van der Waals surface area contributed by atoms with Crippen LogP contribution in [0.3, 0.4) is 0 Å². The Morgan fingerprint density at radius 2 is 1.53 bits per heavy atom. The Bertz CT molecular complexity index is 1350. The Morgan fingerprint density at radius 1 is 0.921 bits per heavy atom. The molecule has 3 aromatic rings. The number of benzene rings is 3. The summed E-state index contributed by atoms with van der Waals surface area (Å²) in [4.78, 5) is 13.3. The molecule has 0 aromatic heterocycles. The van der Waals surface area contributed by atoms with Crippen molar-refractivity contribution in [2.24, 2.45) is 0 Å². The molecule has 3 rings (SSSR count). The van der Waals surface area contributed by atoms with E-state index < -0.39 is 10.0 Å². The minimum Gasteiger partial charge on any atom is -0.493 e. The number of anilines is 1. The highest BCUT2D eigenvalue weighted by atomic mass is 32.2. The Balaban J connectivity index is 1.90. The van der Waals surface area contributed by atoms with Crippen LogP contribution in [0.15, 0.2) is 71.6 Å². The fourth-order valence-electron chi connectivity index (χ4n) is 4.79. The highest BCUT2D eigenvalue weighted by Gasteiger charge is 2.30. The molecule has 0 saturated heterocycles. The van der Waals surface area contributed by atoms with Gasteiger partial charge in [-0.25, -0.2) is 8.42 Å². The lowest BCUT2D eigenvalue weighted by Gasteiger charge is -2.30. The van der Waals surface area contributed by atoms with Gasteiger partial charge in [0.25, 0.3) is 10.0 Å². The molecule has 0 heterocycles. The van der Waals surface area contributed by atoms with Crippen LogP contribution in [0.5, 0.6) is 11.5 Å². The second kappa shape index (κ2) is 11.9. The number of aryl methyl sites for hydroxylation is 2. The third-order valence-electron chi connectivity index (χ3n) is 6.50. The van der Waals surface area contributed by atoms with E-state index in [-0.39, 0.29) is 34.6 Å². The number of carbonyl (C=O) groups is 1. The summed E-state index contributed by atoms with van der Waals surface area (Å²) in [6.45, 7) is 9.63. The van der Waals surface area contributed by atoms with Crippen molar-refractivity contribution in [3.63, 3.8) is 0 Å². The summed E-state index contributed by atoms with van der Waals surface area (Å²) >= 11 is 0. The van der Waals surface area contributed by atoms with Crippen molar-refractivity contribution in [2.45, 2.75) is 57.4 Å². The molecule has 7 nitrogen and oxygen atoms in total. The third kappa shape index (κ3) is 6.86. The molecular weight excluding hydrogens is 500 g/mol. The van der Waals surface area contributed by atoms with Gasteiger partial charge in [0.1, 0.15) is 6.54 Å². The summed E-state index contributed by atoms with van der Waals surface area (Å²) < 4.78 is 39.6. The number of hydrogen-bond acceptors (Lipinski definition) is 5. The van der Waals surface area contributed by atoms with Crippen molar-refractivity contribution in [1.82, 2.24) is 5.32 Å². The molecule has 38 heavy (non-hydrogen) atoms. The van der Waals surface area contributed by atoms with Crippen LogP contribution in [0, 0.1) is 13.8 Å². The summed E-state index contributed by atoms with van der Waals surface area (Å²) in [6.07, 6.45) is 0.689. The fourth-order valence-corrected chi connectivity index (χ4v) is 6.21. The zero-order valence-electron chi connectivity index (χ0n) is 23.2. The van der Waals surface area contributed by atoms with Crippen LogP contribution in [0.4, 0.5) is 5.69 Å². The number of carbonyl (C=O) groups excluding carboxylic acids is 1. The van der Waals surface area contributed by atoms with Gasteiger partial charge in [0.15, 0.2) is 11.5 Å². The lowest BCUT2D eigenvalue weighted by molar-refractivity contribution is -0.120. The van der Waals surface area contributed by atoms with E-state index in [4.69, 9.17) is 9.47 Å². The number of nitrogens with one attached hydrogen (secondary N) is 1. The maximum absolute atomic E-state index is 13.9. The van der Waals surface area contributed by atoms with Crippen molar-refractivity contribution in [3.05, 3.63) is 83.4 Å². The third-order valence-corrected chi connectivity index (χ3v) is 8.27. The molecule has 0 radical (unpaired) electrons. The maximum Gasteiger partial charge on any atom is 0.264 e. The highest BCUT2D eigenvalue weighted by Crippen LogP contribution is 2.33. The molecule has 0 bridgehead atoms. The molecular formula is C30H38N2O5S. The van der Waals surface area contributed by atoms with E-state index in [2.05, 4.69) is 31.3 Å². The minimum atomic E-state index is -4.12. The molecule has 1 atom stereocenters. The molecule has 0 aliphatic carbocycles. The average molecular weight is 539 g/mol. The van der Waals surface area contributed by atoms with Gasteiger partial charge in [-0.05, 0) is 73.6 Å². The number of rotatable bonds is 11. The lowest BCUT2D eigenvalue weighted by Crippen LogP contribution is -2.45. The van der Waals surface area contributed by atoms with Crippen molar-refractivity contribution in [3.8, 4) is 11.5 Å². The smallest absolute Gasteiger partial charge is 0.264 e. The van der Waals surface area contributed by atoms with E-state index in [0.29, 0.717) is 17.9 Å². The number of hydrogen-bond donors (Lipinski definition) is 1. The summed E-state index contributed by atoms with van der Waals surface area (Å²) in [5.74, 6) is 0.316. The molecule has 8 heteroatoms. The van der Waals surface area contributed by atoms with Crippen LogP contribution >= 0.6 is 0 Å². The normalized spacial score (nSPS) is 12.5. The topological polar surface area (TPSA) is 84.9 Å². The van der Waals surface area contributed by atoms with Gasteiger partial charge in [0.05, 0.1) is 24.8 Å². The summed E-state index contributed by atoms with van der Waals surface area (Å²) in [7, 11) is -1.19. The van der Waals surface area contributed by atoms with Gasteiger partial charge in [-0.15, -0.1) is 0 Å². The number of methoxy groups -OCH3 is 2. The van der Waals surface area contributed by atoms with Crippen LogP contribution < -0.4 is 19.1 Å². The molecule has 3 aromatic carbocycles. The van der Waals surface area contributed by atoms with Crippen molar-refractivity contribution in [2.75, 3.05) is 25.1 Å². The van der Waals surface area contributed by atoms with Gasteiger partial charge in [-0.3, -0.25) is 9.10 Å². The second-order valence-electron chi connectivity index (χ2n) is 10.3. The average Bonchev–Trinajstić information content (AvgIpc) is 2.86. The van der Waals surface area contributed by atoms with Gasteiger partial charge in [-0.2, -0.15) is 0 Å². The first kappa shape index (κ1) is 29.0. The van der Waals surface area contributed by atoms with Gasteiger partial charge < -0.3 is 14.8 Å². The standard InChI is InChI=1S/C30H38N2O5S/c1-21-15-22(2)17-25(16-21)32(38(34,35)26-13-14-27(36-6)28(18-26)37-7)20-29(33)31-23(3)19-30(4,5)24-11-9-8-10-12-24/h8-18,23H,19-20H2,1-7H3,(H,31,33). The molecule has 204 valence electrons. The van der Waals surface area contributed by atoms with E-state index >= 15 is 0 Å². The highest BCUT2D eigenvalue weighted by molar-refractivity contribution is 7.92. The van der Waals surface area contributed by atoms with E-state index in [1.165, 1.54) is 31.9 Å². The van der Waals surface area contributed by atoms with Gasteiger partial charge in [-0.1, -0.05) is 50.2 Å². The summed E-state index contributed by atoms with van der Waals surface area (Å²) in [6, 6.07) is 19.8. The zero-order chi connectivity index (χ0) is 28.1. The quantitative estimate of drug-likeness (QED) is 0.354. The van der Waals surface area contributed by atoms with Crippen LogP contribution in [0.1, 0.15) is 43.9 Å². The van der Waals surface area contributed by atoms with Crippen LogP contribution in [-0.4, -0.2) is 41.1 Å². The second-order valence-corrected chi connectivity index (χ2v) is 12.2. The molecule has 0 aliphatic rings. The van der Waals surface area contributed by atoms with Crippen LogP contribution in [0.25, 0.3) is 0 Å². The Kier molecular flexibility index (Phi) is 9.09. The van der Waals surface area contributed by atoms with Gasteiger partial charge in [0.2, 0.25) is 5.91 Å². The maximum atomic E-state index is 13.9. The van der Waals surface area contributed by atoms with Crippen molar-refractivity contribution < 1.29 is 22.7 Å². The molecule has 0 aliphatic heterocycles. The lowest BCUT2D eigenvalue weighted by atomic mass is 9.79. The minimum absolute atomic E-state index is 0.000341. The monoisotopic (exact) mass is 538 g/mol. The summed E-state index contributed by atoms with van der Waals surface area (Å²) in [5.41, 5.74) is 3.21. The first-order valence-corrected chi connectivity index (χ1v) is 14.0. The predicted octanol–water partition coefficient (Wildman–Crippen LogP) is 5.39. The Labute approximate surface area is 226 Å². The first-order valence-electron chi connectivity index (χ1n) is 12.6. The molecule has 0 saturated carbocycles. The first-order chi connectivity index (χ1) is 17.9. The number of ether oxygens (including phenoxy) is 2. The fraction of sp³-hybridized carbons (Fsp3) is 0.367. The van der Waals surface area contributed by atoms with Crippen molar-refractivity contribution >= 4 is 21.6 Å². The Morgan fingerprint density at radius 3 is 2.11 bits per heavy atom. The number of amides is 1. The SMILES string of the molecule is COc1ccc(S(=O)(=O)N(CC(=O)NC(C)CC(C)(C)c2ccccc2)c2cc(C)cc(C)c2)cc1OC. The van der Waals surface area contributed by atoms with E-state index in [9.17, 15) is 13.2 Å². The van der Waals surface area contributed by atoms with Crippen LogP contribution in [-0.2, 0) is 20.2 Å². The molecule has 0 fully saturated rings. The van der Waals surface area contributed by atoms with E-state index in [0.717, 1.165) is 15.4 Å². The molecule has 0 spiro atoms. The van der Waals surface area contributed by atoms with Crippen molar-refractivity contribution in [1.29, 1.82) is 0 Å². The number of nitrogens with zero attached hydrogens (tertiary/aromatic N) is 1. The summed E-state index contributed by atoms with van der Waals surface area (Å²) in [5, 5.41) is 3.01. The van der Waals surface area contributed by atoms with E-state index in [1.54, 1.807) is 18.2 Å². The number of sulfonamides is 1. The predicted molar refractivity (Wildman–Crippen MR) is 152 cm³/mol.